The molecule has 21 heavy (non-hydrogen) atoms. The number of amides is 1. The van der Waals surface area contributed by atoms with Gasteiger partial charge in [0.15, 0.2) is 0 Å². The summed E-state index contributed by atoms with van der Waals surface area (Å²) in [7, 11) is 0. The second-order valence-electron chi connectivity index (χ2n) is 4.67. The van der Waals surface area contributed by atoms with Crippen molar-refractivity contribution in [2.45, 2.75) is 12.8 Å². The molecule has 0 saturated carbocycles. The zero-order valence-corrected chi connectivity index (χ0v) is 12.9. The molecular formula is C16H14N2OS2. The number of nitrogens with zero attached hydrogens (tertiary/aromatic N) is 1. The van der Waals surface area contributed by atoms with Crippen LogP contribution in [-0.2, 0) is 12.8 Å². The number of aromatic nitrogens is 1. The molecule has 0 bridgehead atoms. The smallest absolute Gasteiger partial charge is 0.250 e. The molecular weight excluding hydrogens is 300 g/mol. The Morgan fingerprint density at radius 3 is 2.29 bits per heavy atom. The number of hydrogen-bond donors (Lipinski definition) is 1. The molecule has 0 unspecified atom stereocenters. The number of pyridine rings is 1. The van der Waals surface area contributed by atoms with E-state index >= 15 is 0 Å². The topological polar surface area (TPSA) is 56.0 Å². The number of thiophene rings is 2. The first-order valence-electron chi connectivity index (χ1n) is 6.55. The van der Waals surface area contributed by atoms with Crippen molar-refractivity contribution in [3.8, 4) is 0 Å². The van der Waals surface area contributed by atoms with Crippen molar-refractivity contribution in [3.05, 3.63) is 73.9 Å². The molecule has 0 fully saturated rings. The van der Waals surface area contributed by atoms with E-state index in [1.165, 1.54) is 9.75 Å². The average molecular weight is 314 g/mol. The summed E-state index contributed by atoms with van der Waals surface area (Å²) in [4.78, 5) is 18.7. The Labute approximate surface area is 131 Å². The van der Waals surface area contributed by atoms with Crippen molar-refractivity contribution in [1.82, 2.24) is 4.98 Å². The Hall–Kier alpha value is -1.98. The van der Waals surface area contributed by atoms with Crippen molar-refractivity contribution in [2.75, 3.05) is 0 Å². The standard InChI is InChI=1S/C16H14N2OS2/c17-16(19)15-11(9-12-3-1-7-20-12)5-6-18-14(15)10-13-4-2-8-21-13/h1-8H,9-10H2,(H2,17,19). The van der Waals surface area contributed by atoms with Gasteiger partial charge in [0, 0.05) is 28.8 Å². The number of hydrogen-bond acceptors (Lipinski definition) is 4. The van der Waals surface area contributed by atoms with Gasteiger partial charge < -0.3 is 5.73 Å². The summed E-state index contributed by atoms with van der Waals surface area (Å²) in [5.74, 6) is -0.402. The predicted molar refractivity (Wildman–Crippen MR) is 87.0 cm³/mol. The summed E-state index contributed by atoms with van der Waals surface area (Å²) in [6.45, 7) is 0. The molecule has 3 heterocycles. The highest BCUT2D eigenvalue weighted by Crippen LogP contribution is 2.22. The molecule has 0 radical (unpaired) electrons. The lowest BCUT2D eigenvalue weighted by atomic mass is 10.0. The summed E-state index contributed by atoms with van der Waals surface area (Å²) < 4.78 is 0. The van der Waals surface area contributed by atoms with Gasteiger partial charge in [-0.25, -0.2) is 0 Å². The van der Waals surface area contributed by atoms with Crippen molar-refractivity contribution in [1.29, 1.82) is 0 Å². The summed E-state index contributed by atoms with van der Waals surface area (Å²) in [6, 6.07) is 10.0. The molecule has 106 valence electrons. The SMILES string of the molecule is NC(=O)c1c(Cc2cccs2)ccnc1Cc1cccs1. The van der Waals surface area contributed by atoms with Crippen LogP contribution in [0.4, 0.5) is 0 Å². The fraction of sp³-hybridized carbons (Fsp3) is 0.125. The summed E-state index contributed by atoms with van der Waals surface area (Å²) in [5, 5.41) is 4.06. The third-order valence-electron chi connectivity index (χ3n) is 3.23. The van der Waals surface area contributed by atoms with Gasteiger partial charge in [-0.3, -0.25) is 9.78 Å². The van der Waals surface area contributed by atoms with Crippen LogP contribution in [-0.4, -0.2) is 10.9 Å². The first-order valence-corrected chi connectivity index (χ1v) is 8.31. The van der Waals surface area contributed by atoms with Gasteiger partial charge in [-0.1, -0.05) is 12.1 Å². The van der Waals surface area contributed by atoms with Crippen molar-refractivity contribution >= 4 is 28.6 Å². The number of rotatable bonds is 5. The van der Waals surface area contributed by atoms with Crippen molar-refractivity contribution in [2.24, 2.45) is 5.73 Å². The molecule has 0 aliphatic carbocycles. The zero-order chi connectivity index (χ0) is 14.7. The van der Waals surface area contributed by atoms with Crippen LogP contribution >= 0.6 is 22.7 Å². The second kappa shape index (κ2) is 6.20. The van der Waals surface area contributed by atoms with Crippen molar-refractivity contribution < 1.29 is 4.79 Å². The molecule has 3 aromatic rings. The molecule has 5 heteroatoms. The molecule has 0 spiro atoms. The Balaban J connectivity index is 1.98. The molecule has 0 saturated heterocycles. The van der Waals surface area contributed by atoms with Gasteiger partial charge in [0.05, 0.1) is 11.3 Å². The molecule has 0 aromatic carbocycles. The first-order chi connectivity index (χ1) is 10.2. The maximum atomic E-state index is 11.9. The minimum atomic E-state index is -0.402. The highest BCUT2D eigenvalue weighted by atomic mass is 32.1. The molecule has 3 aromatic heterocycles. The van der Waals surface area contributed by atoms with E-state index < -0.39 is 5.91 Å². The molecule has 0 atom stereocenters. The average Bonchev–Trinajstić information content (AvgIpc) is 3.12. The van der Waals surface area contributed by atoms with Crippen LogP contribution in [0.1, 0.15) is 31.4 Å². The minimum absolute atomic E-state index is 0.402. The highest BCUT2D eigenvalue weighted by Gasteiger charge is 2.16. The van der Waals surface area contributed by atoms with Gasteiger partial charge in [-0.2, -0.15) is 0 Å². The third-order valence-corrected chi connectivity index (χ3v) is 4.98. The molecule has 2 N–H and O–H groups in total. The fourth-order valence-corrected chi connectivity index (χ4v) is 3.75. The lowest BCUT2D eigenvalue weighted by Crippen LogP contribution is -2.18. The lowest BCUT2D eigenvalue weighted by Gasteiger charge is -2.10. The first kappa shape index (κ1) is 14.0. The number of nitrogens with two attached hydrogens (primary N) is 1. The monoisotopic (exact) mass is 314 g/mol. The van der Waals surface area contributed by atoms with Crippen LogP contribution in [0.2, 0.25) is 0 Å². The zero-order valence-electron chi connectivity index (χ0n) is 11.3. The van der Waals surface area contributed by atoms with Crippen LogP contribution in [0, 0.1) is 0 Å². The summed E-state index contributed by atoms with van der Waals surface area (Å²) in [6.07, 6.45) is 3.13. The van der Waals surface area contributed by atoms with E-state index in [1.54, 1.807) is 28.9 Å². The number of carbonyl (C=O) groups excluding carboxylic acids is 1. The van der Waals surface area contributed by atoms with Gasteiger partial charge in [-0.05, 0) is 34.5 Å². The van der Waals surface area contributed by atoms with Gasteiger partial charge in [0.2, 0.25) is 0 Å². The minimum Gasteiger partial charge on any atom is -0.366 e. The van der Waals surface area contributed by atoms with E-state index in [2.05, 4.69) is 11.1 Å². The van der Waals surface area contributed by atoms with E-state index in [9.17, 15) is 4.79 Å². The Morgan fingerprint density at radius 1 is 1.05 bits per heavy atom. The Kier molecular flexibility index (Phi) is 4.13. The second-order valence-corrected chi connectivity index (χ2v) is 6.73. The van der Waals surface area contributed by atoms with Gasteiger partial charge >= 0.3 is 0 Å². The van der Waals surface area contributed by atoms with Crippen LogP contribution < -0.4 is 5.73 Å². The fourth-order valence-electron chi connectivity index (χ4n) is 2.31. The summed E-state index contributed by atoms with van der Waals surface area (Å²) >= 11 is 3.34. The molecule has 0 aliphatic rings. The molecule has 0 aliphatic heterocycles. The third kappa shape index (κ3) is 3.20. The van der Waals surface area contributed by atoms with E-state index in [1.807, 2.05) is 35.0 Å². The quantitative estimate of drug-likeness (QED) is 0.784. The largest absolute Gasteiger partial charge is 0.366 e. The number of primary amides is 1. The van der Waals surface area contributed by atoms with Crippen molar-refractivity contribution in [3.63, 3.8) is 0 Å². The van der Waals surface area contributed by atoms with E-state index in [4.69, 9.17) is 5.73 Å². The van der Waals surface area contributed by atoms with Gasteiger partial charge in [-0.15, -0.1) is 22.7 Å². The van der Waals surface area contributed by atoms with Crippen LogP contribution in [0.25, 0.3) is 0 Å². The Bertz CT molecular complexity index is 679. The van der Waals surface area contributed by atoms with Gasteiger partial charge in [0.1, 0.15) is 0 Å². The highest BCUT2D eigenvalue weighted by molar-refractivity contribution is 7.10. The molecule has 3 nitrogen and oxygen atoms in total. The maximum absolute atomic E-state index is 11.9. The van der Waals surface area contributed by atoms with Crippen LogP contribution in [0.15, 0.2) is 47.3 Å². The van der Waals surface area contributed by atoms with Gasteiger partial charge in [0.25, 0.3) is 5.91 Å². The van der Waals surface area contributed by atoms with E-state index in [0.29, 0.717) is 12.0 Å². The van der Waals surface area contributed by atoms with Crippen LogP contribution in [0.3, 0.4) is 0 Å². The molecule has 3 rings (SSSR count). The van der Waals surface area contributed by atoms with Crippen LogP contribution in [0.5, 0.6) is 0 Å². The Morgan fingerprint density at radius 2 is 1.71 bits per heavy atom. The van der Waals surface area contributed by atoms with E-state index in [-0.39, 0.29) is 0 Å². The molecule has 1 amide bonds. The van der Waals surface area contributed by atoms with E-state index in [0.717, 1.165) is 17.7 Å². The predicted octanol–water partition coefficient (Wildman–Crippen LogP) is 3.49. The lowest BCUT2D eigenvalue weighted by molar-refractivity contribution is 0.0998. The maximum Gasteiger partial charge on any atom is 0.250 e. The summed E-state index contributed by atoms with van der Waals surface area (Å²) in [5.41, 5.74) is 7.88. The number of carbonyl (C=O) groups is 1. The normalized spacial score (nSPS) is 10.7.